The van der Waals surface area contributed by atoms with Crippen molar-refractivity contribution in [2.45, 2.75) is 24.2 Å². The van der Waals surface area contributed by atoms with E-state index in [9.17, 15) is 13.5 Å². The molecular weight excluding hydrogens is 302 g/mol. The number of aryl methyl sites for hydroxylation is 1. The number of rotatable bonds is 3. The molecule has 0 unspecified atom stereocenters. The minimum Gasteiger partial charge on any atom is -0.508 e. The first kappa shape index (κ1) is 14.6. The van der Waals surface area contributed by atoms with Gasteiger partial charge in [-0.1, -0.05) is 29.4 Å². The quantitative estimate of drug-likeness (QED) is 0.883. The second-order valence-electron chi connectivity index (χ2n) is 5.07. The molecule has 0 aliphatic heterocycles. The van der Waals surface area contributed by atoms with Crippen LogP contribution in [0, 0.1) is 0 Å². The van der Waals surface area contributed by atoms with Crippen molar-refractivity contribution in [1.82, 2.24) is 0 Å². The van der Waals surface area contributed by atoms with Crippen molar-refractivity contribution in [3.05, 3.63) is 59.7 Å². The Morgan fingerprint density at radius 3 is 2.50 bits per heavy atom. The predicted octanol–water partition coefficient (Wildman–Crippen LogP) is 2.84. The van der Waals surface area contributed by atoms with Gasteiger partial charge in [-0.15, -0.1) is 0 Å². The lowest BCUT2D eigenvalue weighted by Crippen LogP contribution is -2.13. The van der Waals surface area contributed by atoms with E-state index in [1.807, 2.05) is 24.3 Å². The molecule has 0 spiro atoms. The van der Waals surface area contributed by atoms with Gasteiger partial charge in [-0.2, -0.15) is 8.42 Å². The van der Waals surface area contributed by atoms with Gasteiger partial charge in [-0.05, 0) is 49.1 Å². The summed E-state index contributed by atoms with van der Waals surface area (Å²) in [6.07, 6.45) is 2.56. The van der Waals surface area contributed by atoms with Crippen LogP contribution in [0.2, 0.25) is 0 Å². The molecule has 1 aliphatic rings. The van der Waals surface area contributed by atoms with Gasteiger partial charge in [-0.25, -0.2) is 0 Å². The second kappa shape index (κ2) is 5.81. The van der Waals surface area contributed by atoms with E-state index in [-0.39, 0.29) is 10.6 Å². The molecule has 0 fully saturated rings. The van der Waals surface area contributed by atoms with Gasteiger partial charge in [0.25, 0.3) is 0 Å². The van der Waals surface area contributed by atoms with Crippen LogP contribution in [0.1, 0.15) is 24.0 Å². The molecular formula is C16H15NO4S. The summed E-state index contributed by atoms with van der Waals surface area (Å²) in [5.74, 6) is -0.00790. The zero-order valence-corrected chi connectivity index (χ0v) is 12.6. The minimum absolute atomic E-state index is 0.00790. The van der Waals surface area contributed by atoms with Gasteiger partial charge >= 0.3 is 10.1 Å². The molecule has 0 saturated heterocycles. The number of phenols is 1. The fraction of sp³-hybridized carbons (Fsp3) is 0.188. The molecule has 2 aromatic carbocycles. The molecule has 1 aliphatic carbocycles. The van der Waals surface area contributed by atoms with E-state index in [0.717, 1.165) is 24.0 Å². The van der Waals surface area contributed by atoms with Crippen molar-refractivity contribution in [2.75, 3.05) is 0 Å². The maximum atomic E-state index is 12.1. The van der Waals surface area contributed by atoms with Gasteiger partial charge in [-0.3, -0.25) is 4.28 Å². The van der Waals surface area contributed by atoms with E-state index in [1.165, 1.54) is 24.3 Å². The van der Waals surface area contributed by atoms with Gasteiger partial charge in [0, 0.05) is 5.56 Å². The van der Waals surface area contributed by atoms with Crippen molar-refractivity contribution in [3.8, 4) is 5.75 Å². The van der Waals surface area contributed by atoms with E-state index >= 15 is 0 Å². The fourth-order valence-electron chi connectivity index (χ4n) is 2.45. The highest BCUT2D eigenvalue weighted by molar-refractivity contribution is 7.86. The third kappa shape index (κ3) is 2.96. The Hall–Kier alpha value is -2.34. The first-order valence-corrected chi connectivity index (χ1v) is 8.35. The SMILES string of the molecule is O=S(=O)(O/N=C1\CCCc2ccccc21)c1ccc(O)cc1. The van der Waals surface area contributed by atoms with Crippen LogP contribution in [0.25, 0.3) is 0 Å². The average Bonchev–Trinajstić information content (AvgIpc) is 2.53. The number of aromatic hydroxyl groups is 1. The smallest absolute Gasteiger partial charge is 0.358 e. The largest absolute Gasteiger partial charge is 0.508 e. The molecule has 114 valence electrons. The monoisotopic (exact) mass is 317 g/mol. The second-order valence-corrected chi connectivity index (χ2v) is 6.60. The number of phenolic OH excluding ortho intramolecular Hbond substituents is 1. The third-order valence-corrected chi connectivity index (χ3v) is 4.68. The zero-order chi connectivity index (χ0) is 15.6. The molecule has 0 heterocycles. The Labute approximate surface area is 129 Å². The maximum Gasteiger partial charge on any atom is 0.358 e. The number of fused-ring (bicyclic) bond motifs is 1. The highest BCUT2D eigenvalue weighted by atomic mass is 32.2. The van der Waals surface area contributed by atoms with Crippen molar-refractivity contribution in [1.29, 1.82) is 0 Å². The molecule has 5 nitrogen and oxygen atoms in total. The number of hydrogen-bond acceptors (Lipinski definition) is 5. The Bertz CT molecular complexity index is 810. The summed E-state index contributed by atoms with van der Waals surface area (Å²) >= 11 is 0. The van der Waals surface area contributed by atoms with Crippen LogP contribution < -0.4 is 0 Å². The van der Waals surface area contributed by atoms with Crippen molar-refractivity contribution in [3.63, 3.8) is 0 Å². The number of nitrogens with zero attached hydrogens (tertiary/aromatic N) is 1. The van der Waals surface area contributed by atoms with Crippen LogP contribution in [0.3, 0.4) is 0 Å². The van der Waals surface area contributed by atoms with Gasteiger partial charge < -0.3 is 5.11 Å². The fourth-order valence-corrected chi connectivity index (χ4v) is 3.19. The van der Waals surface area contributed by atoms with Gasteiger partial charge in [0.2, 0.25) is 0 Å². The van der Waals surface area contributed by atoms with E-state index < -0.39 is 10.1 Å². The minimum atomic E-state index is -3.98. The lowest BCUT2D eigenvalue weighted by Gasteiger charge is -2.16. The molecule has 0 amide bonds. The summed E-state index contributed by atoms with van der Waals surface area (Å²) in [4.78, 5) is -0.0428. The molecule has 0 saturated carbocycles. The van der Waals surface area contributed by atoms with Crippen LogP contribution in [0.4, 0.5) is 0 Å². The molecule has 2 aromatic rings. The summed E-state index contributed by atoms with van der Waals surface area (Å²) in [5, 5.41) is 13.1. The van der Waals surface area contributed by atoms with Crippen molar-refractivity contribution in [2.24, 2.45) is 5.16 Å². The summed E-state index contributed by atoms with van der Waals surface area (Å²) < 4.78 is 29.0. The summed E-state index contributed by atoms with van der Waals surface area (Å²) in [6.45, 7) is 0. The van der Waals surface area contributed by atoms with Crippen molar-refractivity contribution >= 4 is 15.8 Å². The lowest BCUT2D eigenvalue weighted by molar-refractivity contribution is 0.337. The van der Waals surface area contributed by atoms with Gasteiger partial charge in [0.15, 0.2) is 0 Å². The van der Waals surface area contributed by atoms with Crippen LogP contribution in [0.15, 0.2) is 58.6 Å². The molecule has 0 atom stereocenters. The highest BCUT2D eigenvalue weighted by Gasteiger charge is 2.19. The number of oxime groups is 1. The molecule has 1 N–H and O–H groups in total. The molecule has 0 bridgehead atoms. The maximum absolute atomic E-state index is 12.1. The van der Waals surface area contributed by atoms with Gasteiger partial charge in [0.05, 0.1) is 5.71 Å². The number of benzene rings is 2. The Balaban J connectivity index is 1.87. The first-order valence-electron chi connectivity index (χ1n) is 6.94. The molecule has 3 rings (SSSR count). The predicted molar refractivity (Wildman–Crippen MR) is 82.3 cm³/mol. The Morgan fingerprint density at radius 1 is 1.00 bits per heavy atom. The molecule has 22 heavy (non-hydrogen) atoms. The number of hydrogen-bond donors (Lipinski definition) is 1. The van der Waals surface area contributed by atoms with E-state index in [0.29, 0.717) is 12.1 Å². The van der Waals surface area contributed by atoms with E-state index in [1.54, 1.807) is 0 Å². The van der Waals surface area contributed by atoms with Crippen molar-refractivity contribution < 1.29 is 17.8 Å². The third-order valence-electron chi connectivity index (χ3n) is 3.56. The molecule has 6 heteroatoms. The lowest BCUT2D eigenvalue weighted by atomic mass is 9.90. The van der Waals surface area contributed by atoms with Crippen LogP contribution in [-0.4, -0.2) is 19.2 Å². The molecule has 0 radical (unpaired) electrons. The van der Waals surface area contributed by atoms with E-state index in [2.05, 4.69) is 5.16 Å². The standard InChI is InChI=1S/C16H15NO4S/c18-13-8-10-14(11-9-13)22(19,20)21-17-16-7-3-5-12-4-1-2-6-15(12)16/h1-2,4,6,8-11,18H,3,5,7H2/b17-16+. The summed E-state index contributed by atoms with van der Waals surface area (Å²) in [5.41, 5.74) is 2.73. The summed E-state index contributed by atoms with van der Waals surface area (Å²) in [7, 11) is -3.98. The van der Waals surface area contributed by atoms with E-state index in [4.69, 9.17) is 4.28 Å². The zero-order valence-electron chi connectivity index (χ0n) is 11.8. The average molecular weight is 317 g/mol. The first-order chi connectivity index (χ1) is 10.6. The normalized spacial score (nSPS) is 16.3. The van der Waals surface area contributed by atoms with Crippen LogP contribution in [-0.2, 0) is 20.8 Å². The van der Waals surface area contributed by atoms with Gasteiger partial charge in [0.1, 0.15) is 10.6 Å². The Kier molecular flexibility index (Phi) is 3.85. The molecule has 0 aromatic heterocycles. The van der Waals surface area contributed by atoms with Crippen LogP contribution >= 0.6 is 0 Å². The highest BCUT2D eigenvalue weighted by Crippen LogP contribution is 2.23. The van der Waals surface area contributed by atoms with Crippen LogP contribution in [0.5, 0.6) is 5.75 Å². The topological polar surface area (TPSA) is 76.0 Å². The Morgan fingerprint density at radius 2 is 1.73 bits per heavy atom. The summed E-state index contributed by atoms with van der Waals surface area (Å²) in [6, 6.07) is 12.9.